The molecule has 0 bridgehead atoms. The van der Waals surface area contributed by atoms with Crippen molar-refractivity contribution in [2.75, 3.05) is 6.61 Å². The Kier molecular flexibility index (Phi) is 4.51. The van der Waals surface area contributed by atoms with Gasteiger partial charge in [-0.2, -0.15) is 0 Å². The topological polar surface area (TPSA) is 9.23 Å². The molecule has 0 atom stereocenters. The minimum absolute atomic E-state index is 0.840. The molecule has 0 N–H and O–H groups in total. The summed E-state index contributed by atoms with van der Waals surface area (Å²) >= 11 is 0. The number of aryl methyl sites for hydroxylation is 2. The normalized spacial score (nSPS) is 10.2. The summed E-state index contributed by atoms with van der Waals surface area (Å²) < 4.78 is 5.72. The van der Waals surface area contributed by atoms with Crippen LogP contribution in [0.5, 0.6) is 5.75 Å². The van der Waals surface area contributed by atoms with Crippen molar-refractivity contribution < 1.29 is 4.74 Å². The highest BCUT2D eigenvalue weighted by Gasteiger charge is 2.01. The third-order valence-corrected chi connectivity index (χ3v) is 2.35. The Bertz CT molecular complexity index is 279. The Labute approximate surface area is 87.1 Å². The van der Waals surface area contributed by atoms with Gasteiger partial charge in [0.2, 0.25) is 0 Å². The molecule has 0 radical (unpaired) electrons. The number of benzene rings is 1. The second-order valence-corrected chi connectivity index (χ2v) is 3.67. The molecule has 0 spiro atoms. The molecule has 0 saturated heterocycles. The van der Waals surface area contributed by atoms with Crippen LogP contribution in [-0.2, 0) is 6.42 Å². The summed E-state index contributed by atoms with van der Waals surface area (Å²) in [6, 6.07) is 6.41. The van der Waals surface area contributed by atoms with E-state index in [-0.39, 0.29) is 0 Å². The standard InChI is InChI=1S/C13H20O/c1-4-6-9-14-13-8-7-11(3)10-12(13)5-2/h7-8,10H,4-6,9H2,1-3H3. The molecule has 1 rings (SSSR count). The number of unbranched alkanes of at least 4 members (excludes halogenated alkanes) is 1. The average molecular weight is 192 g/mol. The maximum absolute atomic E-state index is 5.72. The lowest BCUT2D eigenvalue weighted by atomic mass is 10.1. The molecule has 0 amide bonds. The van der Waals surface area contributed by atoms with Gasteiger partial charge in [-0.05, 0) is 31.4 Å². The van der Waals surface area contributed by atoms with Crippen LogP contribution in [-0.4, -0.2) is 6.61 Å². The number of rotatable bonds is 5. The summed E-state index contributed by atoms with van der Waals surface area (Å²) in [5.41, 5.74) is 2.63. The lowest BCUT2D eigenvalue weighted by molar-refractivity contribution is 0.306. The summed E-state index contributed by atoms with van der Waals surface area (Å²) in [6.45, 7) is 7.31. The van der Waals surface area contributed by atoms with Gasteiger partial charge in [0.1, 0.15) is 5.75 Å². The van der Waals surface area contributed by atoms with E-state index in [9.17, 15) is 0 Å². The van der Waals surface area contributed by atoms with Crippen molar-refractivity contribution in [1.29, 1.82) is 0 Å². The Hall–Kier alpha value is -0.980. The minimum Gasteiger partial charge on any atom is -0.493 e. The summed E-state index contributed by atoms with van der Waals surface area (Å²) in [6.07, 6.45) is 3.37. The van der Waals surface area contributed by atoms with Gasteiger partial charge >= 0.3 is 0 Å². The van der Waals surface area contributed by atoms with Crippen molar-refractivity contribution in [3.05, 3.63) is 29.3 Å². The van der Waals surface area contributed by atoms with Crippen molar-refractivity contribution >= 4 is 0 Å². The van der Waals surface area contributed by atoms with Gasteiger partial charge in [-0.1, -0.05) is 38.0 Å². The average Bonchev–Trinajstić information content (AvgIpc) is 2.20. The predicted octanol–water partition coefficient (Wildman–Crippen LogP) is 3.74. The largest absolute Gasteiger partial charge is 0.493 e. The van der Waals surface area contributed by atoms with Gasteiger partial charge in [0.25, 0.3) is 0 Å². The Balaban J connectivity index is 2.65. The van der Waals surface area contributed by atoms with Crippen LogP contribution < -0.4 is 4.74 Å². The molecule has 1 aromatic carbocycles. The molecule has 0 saturated carbocycles. The third kappa shape index (κ3) is 3.06. The van der Waals surface area contributed by atoms with E-state index in [1.807, 2.05) is 0 Å². The zero-order valence-electron chi connectivity index (χ0n) is 9.47. The number of hydrogen-bond donors (Lipinski definition) is 0. The summed E-state index contributed by atoms with van der Waals surface area (Å²) in [5, 5.41) is 0. The maximum atomic E-state index is 5.72. The molecule has 14 heavy (non-hydrogen) atoms. The van der Waals surface area contributed by atoms with Crippen LogP contribution in [0.4, 0.5) is 0 Å². The lowest BCUT2D eigenvalue weighted by Gasteiger charge is -2.10. The Morgan fingerprint density at radius 3 is 2.64 bits per heavy atom. The van der Waals surface area contributed by atoms with E-state index in [0.29, 0.717) is 0 Å². The first-order valence-electron chi connectivity index (χ1n) is 5.50. The van der Waals surface area contributed by atoms with Crippen molar-refractivity contribution in [2.45, 2.75) is 40.0 Å². The highest BCUT2D eigenvalue weighted by molar-refractivity contribution is 5.36. The van der Waals surface area contributed by atoms with Gasteiger partial charge in [0.15, 0.2) is 0 Å². The zero-order chi connectivity index (χ0) is 10.4. The minimum atomic E-state index is 0.840. The van der Waals surface area contributed by atoms with E-state index in [1.54, 1.807) is 0 Å². The second kappa shape index (κ2) is 5.69. The van der Waals surface area contributed by atoms with Gasteiger partial charge in [-0.15, -0.1) is 0 Å². The van der Waals surface area contributed by atoms with Gasteiger partial charge < -0.3 is 4.74 Å². The third-order valence-electron chi connectivity index (χ3n) is 2.35. The number of hydrogen-bond acceptors (Lipinski definition) is 1. The van der Waals surface area contributed by atoms with Crippen LogP contribution in [0.3, 0.4) is 0 Å². The van der Waals surface area contributed by atoms with E-state index in [0.717, 1.165) is 25.2 Å². The van der Waals surface area contributed by atoms with Gasteiger partial charge in [-0.3, -0.25) is 0 Å². The van der Waals surface area contributed by atoms with Gasteiger partial charge in [-0.25, -0.2) is 0 Å². The monoisotopic (exact) mass is 192 g/mol. The van der Waals surface area contributed by atoms with Gasteiger partial charge in [0.05, 0.1) is 6.61 Å². The van der Waals surface area contributed by atoms with Crippen LogP contribution in [0.15, 0.2) is 18.2 Å². The summed E-state index contributed by atoms with van der Waals surface area (Å²) in [4.78, 5) is 0. The van der Waals surface area contributed by atoms with E-state index >= 15 is 0 Å². The number of ether oxygens (including phenoxy) is 1. The lowest BCUT2D eigenvalue weighted by Crippen LogP contribution is -1.99. The molecule has 0 aliphatic rings. The second-order valence-electron chi connectivity index (χ2n) is 3.67. The van der Waals surface area contributed by atoms with Gasteiger partial charge in [0, 0.05) is 0 Å². The SMILES string of the molecule is CCCCOc1ccc(C)cc1CC. The van der Waals surface area contributed by atoms with Crippen LogP contribution in [0.25, 0.3) is 0 Å². The first-order chi connectivity index (χ1) is 6.77. The quantitative estimate of drug-likeness (QED) is 0.646. The predicted molar refractivity (Wildman–Crippen MR) is 61.0 cm³/mol. The molecule has 78 valence electrons. The Morgan fingerprint density at radius 2 is 2.00 bits per heavy atom. The smallest absolute Gasteiger partial charge is 0.122 e. The first-order valence-corrected chi connectivity index (χ1v) is 5.50. The van der Waals surface area contributed by atoms with E-state index in [2.05, 4.69) is 39.0 Å². The van der Waals surface area contributed by atoms with Crippen molar-refractivity contribution in [3.8, 4) is 5.75 Å². The molecule has 0 heterocycles. The molecule has 1 heteroatoms. The summed E-state index contributed by atoms with van der Waals surface area (Å²) in [5.74, 6) is 1.06. The molecule has 0 aliphatic heterocycles. The highest BCUT2D eigenvalue weighted by atomic mass is 16.5. The molecule has 1 nitrogen and oxygen atoms in total. The van der Waals surface area contributed by atoms with E-state index < -0.39 is 0 Å². The molecule has 0 aromatic heterocycles. The van der Waals surface area contributed by atoms with Crippen LogP contribution in [0.2, 0.25) is 0 Å². The molecule has 0 aliphatic carbocycles. The fourth-order valence-electron chi connectivity index (χ4n) is 1.45. The van der Waals surface area contributed by atoms with Crippen LogP contribution in [0.1, 0.15) is 37.8 Å². The molecule has 1 aromatic rings. The highest BCUT2D eigenvalue weighted by Crippen LogP contribution is 2.20. The summed E-state index contributed by atoms with van der Waals surface area (Å²) in [7, 11) is 0. The van der Waals surface area contributed by atoms with E-state index in [1.165, 1.54) is 17.5 Å². The van der Waals surface area contributed by atoms with E-state index in [4.69, 9.17) is 4.74 Å². The fourth-order valence-corrected chi connectivity index (χ4v) is 1.45. The first kappa shape index (κ1) is 11.1. The van der Waals surface area contributed by atoms with Crippen molar-refractivity contribution in [3.63, 3.8) is 0 Å². The van der Waals surface area contributed by atoms with Crippen LogP contribution in [0, 0.1) is 6.92 Å². The molecular formula is C13H20O. The maximum Gasteiger partial charge on any atom is 0.122 e. The molecular weight excluding hydrogens is 172 g/mol. The molecule has 0 fully saturated rings. The Morgan fingerprint density at radius 1 is 1.21 bits per heavy atom. The van der Waals surface area contributed by atoms with Crippen LogP contribution >= 0.6 is 0 Å². The zero-order valence-corrected chi connectivity index (χ0v) is 9.47. The molecule has 0 unspecified atom stereocenters. The fraction of sp³-hybridized carbons (Fsp3) is 0.538. The van der Waals surface area contributed by atoms with Crippen molar-refractivity contribution in [1.82, 2.24) is 0 Å². The van der Waals surface area contributed by atoms with Crippen molar-refractivity contribution in [2.24, 2.45) is 0 Å².